The first kappa shape index (κ1) is 23.8. The van der Waals surface area contributed by atoms with E-state index in [4.69, 9.17) is 19.2 Å². The van der Waals surface area contributed by atoms with E-state index in [0.717, 1.165) is 34.5 Å². The van der Waals surface area contributed by atoms with Crippen LogP contribution in [-0.4, -0.2) is 48.0 Å². The molecule has 0 bridgehead atoms. The number of rotatable bonds is 9. The van der Waals surface area contributed by atoms with Crippen LogP contribution in [0.2, 0.25) is 0 Å². The second kappa shape index (κ2) is 10.3. The lowest BCUT2D eigenvalue weighted by Gasteiger charge is -2.16. The molecule has 1 aliphatic heterocycles. The van der Waals surface area contributed by atoms with Crippen molar-refractivity contribution in [1.82, 2.24) is 9.55 Å². The van der Waals surface area contributed by atoms with Crippen molar-refractivity contribution in [2.24, 2.45) is 0 Å². The number of methoxy groups -OCH3 is 2. The van der Waals surface area contributed by atoms with E-state index in [1.165, 1.54) is 30.2 Å². The number of Topliss-reactive ketones (excluding diaryl/α,β-unsaturated/α-hetero) is 1. The minimum Gasteiger partial charge on any atom is -0.497 e. The van der Waals surface area contributed by atoms with Crippen LogP contribution in [-0.2, 0) is 17.7 Å². The van der Waals surface area contributed by atoms with Crippen LogP contribution in [0.1, 0.15) is 40.6 Å². The van der Waals surface area contributed by atoms with Crippen LogP contribution in [0.25, 0.3) is 10.2 Å². The minimum atomic E-state index is -0.120. The summed E-state index contributed by atoms with van der Waals surface area (Å²) in [6.45, 7) is 5.24. The van der Waals surface area contributed by atoms with Gasteiger partial charge in [-0.1, -0.05) is 18.7 Å². The molecule has 1 saturated heterocycles. The zero-order chi connectivity index (χ0) is 23.5. The van der Waals surface area contributed by atoms with Crippen molar-refractivity contribution in [1.29, 1.82) is 0 Å². The van der Waals surface area contributed by atoms with Gasteiger partial charge in [0.15, 0.2) is 10.9 Å². The van der Waals surface area contributed by atoms with Gasteiger partial charge >= 0.3 is 0 Å². The van der Waals surface area contributed by atoms with Crippen LogP contribution >= 0.6 is 23.1 Å². The molecule has 0 saturated carbocycles. The Morgan fingerprint density at radius 1 is 1.33 bits per heavy atom. The molecule has 1 aromatic carbocycles. The Morgan fingerprint density at radius 3 is 2.82 bits per heavy atom. The van der Waals surface area contributed by atoms with Crippen LogP contribution < -0.4 is 15.0 Å². The average Bonchev–Trinajstić information content (AvgIpc) is 3.45. The minimum absolute atomic E-state index is 0.0136. The Bertz CT molecular complexity index is 1230. The van der Waals surface area contributed by atoms with Gasteiger partial charge in [-0.2, -0.15) is 0 Å². The van der Waals surface area contributed by atoms with Crippen molar-refractivity contribution < 1.29 is 19.0 Å². The molecule has 9 heteroatoms. The van der Waals surface area contributed by atoms with E-state index in [1.54, 1.807) is 29.9 Å². The Balaban J connectivity index is 1.69. The van der Waals surface area contributed by atoms with Gasteiger partial charge in [-0.15, -0.1) is 11.3 Å². The van der Waals surface area contributed by atoms with Gasteiger partial charge < -0.3 is 14.2 Å². The molecule has 1 unspecified atom stereocenters. The van der Waals surface area contributed by atoms with E-state index in [1.807, 2.05) is 6.92 Å². The van der Waals surface area contributed by atoms with Gasteiger partial charge in [0.25, 0.3) is 5.56 Å². The fourth-order valence-corrected chi connectivity index (χ4v) is 6.21. The summed E-state index contributed by atoms with van der Waals surface area (Å²) in [6, 6.07) is 5.14. The monoisotopic (exact) mass is 488 g/mol. The van der Waals surface area contributed by atoms with E-state index >= 15 is 0 Å². The van der Waals surface area contributed by atoms with Crippen LogP contribution in [0.4, 0.5) is 0 Å². The second-order valence-electron chi connectivity index (χ2n) is 7.89. The number of carbonyl (C=O) groups is 1. The molecule has 0 N–H and O–H groups in total. The Kier molecular flexibility index (Phi) is 7.41. The average molecular weight is 489 g/mol. The van der Waals surface area contributed by atoms with Crippen molar-refractivity contribution in [2.45, 2.75) is 50.9 Å². The Morgan fingerprint density at radius 2 is 2.15 bits per heavy atom. The molecule has 2 aromatic heterocycles. The topological polar surface area (TPSA) is 79.7 Å². The smallest absolute Gasteiger partial charge is 0.263 e. The highest BCUT2D eigenvalue weighted by atomic mass is 32.2. The molecule has 0 radical (unpaired) electrons. The summed E-state index contributed by atoms with van der Waals surface area (Å²) >= 11 is 2.81. The van der Waals surface area contributed by atoms with E-state index in [0.29, 0.717) is 40.8 Å². The van der Waals surface area contributed by atoms with Crippen LogP contribution in [0, 0.1) is 6.92 Å². The maximum atomic E-state index is 13.6. The predicted molar refractivity (Wildman–Crippen MR) is 132 cm³/mol. The number of benzene rings is 1. The number of fused-ring (bicyclic) bond motifs is 1. The first-order valence-electron chi connectivity index (χ1n) is 11.0. The highest BCUT2D eigenvalue weighted by molar-refractivity contribution is 7.99. The third kappa shape index (κ3) is 4.81. The summed E-state index contributed by atoms with van der Waals surface area (Å²) in [4.78, 5) is 33.3. The molecule has 0 amide bonds. The third-order valence-corrected chi connectivity index (χ3v) is 7.90. The fraction of sp³-hybridized carbons (Fsp3) is 0.458. The van der Waals surface area contributed by atoms with Crippen molar-refractivity contribution in [2.75, 3.05) is 26.6 Å². The molecule has 1 aliphatic rings. The molecular formula is C24H28N2O5S2. The first-order chi connectivity index (χ1) is 16.0. The van der Waals surface area contributed by atoms with Gasteiger partial charge in [0.05, 0.1) is 43.6 Å². The number of thioether (sulfide) groups is 1. The highest BCUT2D eigenvalue weighted by Gasteiger charge is 2.24. The number of carbonyl (C=O) groups excluding carboxylic acids is 1. The quantitative estimate of drug-likeness (QED) is 0.249. The molecule has 1 atom stereocenters. The van der Waals surface area contributed by atoms with E-state index < -0.39 is 0 Å². The van der Waals surface area contributed by atoms with Crippen LogP contribution in [0.5, 0.6) is 11.5 Å². The summed E-state index contributed by atoms with van der Waals surface area (Å²) < 4.78 is 18.1. The fourth-order valence-electron chi connectivity index (χ4n) is 4.16. The lowest BCUT2D eigenvalue weighted by molar-refractivity contribution is 0.0937. The predicted octanol–water partition coefficient (Wildman–Crippen LogP) is 4.50. The molecule has 176 valence electrons. The first-order valence-corrected chi connectivity index (χ1v) is 12.8. The van der Waals surface area contributed by atoms with Gasteiger partial charge in [-0.25, -0.2) is 4.98 Å². The standard InChI is InChI=1S/C24H28N2O5S2/c1-5-17-14(2)33-22-21(17)23(28)26(12-16-7-6-10-31-16)24(25-22)32-13-19(27)18-11-15(29-3)8-9-20(18)30-4/h8-9,11,16H,5-7,10,12-13H2,1-4H3. The number of ketones is 1. The summed E-state index contributed by atoms with van der Waals surface area (Å²) in [5, 5.41) is 1.24. The summed E-state index contributed by atoms with van der Waals surface area (Å²) in [7, 11) is 3.09. The largest absolute Gasteiger partial charge is 0.497 e. The van der Waals surface area contributed by atoms with Crippen molar-refractivity contribution in [3.63, 3.8) is 0 Å². The maximum absolute atomic E-state index is 13.6. The van der Waals surface area contributed by atoms with Crippen LogP contribution in [0.3, 0.4) is 0 Å². The van der Waals surface area contributed by atoms with Gasteiger partial charge in [0.2, 0.25) is 0 Å². The second-order valence-corrected chi connectivity index (χ2v) is 10.0. The molecular weight excluding hydrogens is 460 g/mol. The van der Waals surface area contributed by atoms with E-state index in [-0.39, 0.29) is 23.2 Å². The molecule has 3 heterocycles. The number of nitrogens with zero attached hydrogens (tertiary/aromatic N) is 2. The van der Waals surface area contributed by atoms with Crippen molar-refractivity contribution in [3.05, 3.63) is 44.6 Å². The molecule has 0 spiro atoms. The number of hydrogen-bond acceptors (Lipinski definition) is 8. The molecule has 33 heavy (non-hydrogen) atoms. The molecule has 7 nitrogen and oxygen atoms in total. The SMILES string of the molecule is CCc1c(C)sc2nc(SCC(=O)c3cc(OC)ccc3OC)n(CC3CCCO3)c(=O)c12. The van der Waals surface area contributed by atoms with Gasteiger partial charge in [-0.3, -0.25) is 14.2 Å². The lowest BCUT2D eigenvalue weighted by atomic mass is 10.1. The van der Waals surface area contributed by atoms with E-state index in [2.05, 4.69) is 6.92 Å². The summed E-state index contributed by atoms with van der Waals surface area (Å²) in [6.07, 6.45) is 2.67. The van der Waals surface area contributed by atoms with Gasteiger partial charge in [-0.05, 0) is 49.9 Å². The number of aryl methyl sites for hydroxylation is 2. The molecule has 3 aromatic rings. The molecule has 0 aliphatic carbocycles. The normalized spacial score (nSPS) is 15.8. The van der Waals surface area contributed by atoms with Gasteiger partial charge in [0.1, 0.15) is 16.3 Å². The number of ether oxygens (including phenoxy) is 3. The summed E-state index contributed by atoms with van der Waals surface area (Å²) in [5.74, 6) is 1.08. The Labute approximate surface area is 201 Å². The zero-order valence-electron chi connectivity index (χ0n) is 19.3. The Hall–Kier alpha value is -2.36. The maximum Gasteiger partial charge on any atom is 0.263 e. The zero-order valence-corrected chi connectivity index (χ0v) is 20.9. The van der Waals surface area contributed by atoms with Gasteiger partial charge in [0, 0.05) is 11.5 Å². The molecule has 1 fully saturated rings. The van der Waals surface area contributed by atoms with Crippen LogP contribution in [0.15, 0.2) is 28.2 Å². The van der Waals surface area contributed by atoms with Crippen molar-refractivity contribution >= 4 is 39.1 Å². The van der Waals surface area contributed by atoms with Crippen molar-refractivity contribution in [3.8, 4) is 11.5 Å². The number of thiophene rings is 1. The third-order valence-electron chi connectivity index (χ3n) is 5.88. The highest BCUT2D eigenvalue weighted by Crippen LogP contribution is 2.31. The number of hydrogen-bond donors (Lipinski definition) is 0. The number of aromatic nitrogens is 2. The molecule has 4 rings (SSSR count). The summed E-state index contributed by atoms with van der Waals surface area (Å²) in [5.41, 5.74) is 1.45. The van der Waals surface area contributed by atoms with E-state index in [9.17, 15) is 9.59 Å². The lowest BCUT2D eigenvalue weighted by Crippen LogP contribution is -2.29.